The molecule has 0 spiro atoms. The molecule has 1 aliphatic rings. The summed E-state index contributed by atoms with van der Waals surface area (Å²) in [4.78, 5) is 12.2. The van der Waals surface area contributed by atoms with E-state index in [9.17, 15) is 13.2 Å². The van der Waals surface area contributed by atoms with Gasteiger partial charge in [0.25, 0.3) is 0 Å². The van der Waals surface area contributed by atoms with Crippen molar-refractivity contribution in [3.05, 3.63) is 24.3 Å². The molecule has 8 heteroatoms. The number of carbonyl (C=O) groups is 1. The van der Waals surface area contributed by atoms with Crippen molar-refractivity contribution in [2.75, 3.05) is 29.0 Å². The van der Waals surface area contributed by atoms with Crippen molar-refractivity contribution in [1.29, 1.82) is 0 Å². The lowest BCUT2D eigenvalue weighted by Crippen LogP contribution is -2.54. The van der Waals surface area contributed by atoms with Crippen molar-refractivity contribution < 1.29 is 17.9 Å². The van der Waals surface area contributed by atoms with Gasteiger partial charge in [0.1, 0.15) is 5.54 Å². The normalized spacial score (nSPS) is 17.7. The summed E-state index contributed by atoms with van der Waals surface area (Å²) in [6.07, 6.45) is 0.959. The first-order chi connectivity index (χ1) is 10.3. The van der Waals surface area contributed by atoms with E-state index in [1.54, 1.807) is 31.2 Å². The number of anilines is 2. The van der Waals surface area contributed by atoms with Gasteiger partial charge in [0, 0.05) is 24.6 Å². The third-order valence-electron chi connectivity index (χ3n) is 3.63. The average molecular weight is 327 g/mol. The predicted octanol–water partition coefficient (Wildman–Crippen LogP) is 0.895. The molecular weight excluding hydrogens is 306 g/mol. The van der Waals surface area contributed by atoms with Crippen molar-refractivity contribution in [3.8, 4) is 0 Å². The fourth-order valence-corrected chi connectivity index (χ4v) is 2.73. The molecule has 0 aliphatic carbocycles. The summed E-state index contributed by atoms with van der Waals surface area (Å²) < 4.78 is 30.6. The fourth-order valence-electron chi connectivity index (χ4n) is 2.09. The average Bonchev–Trinajstić information content (AvgIpc) is 2.50. The number of ether oxygens (including phenoxy) is 1. The number of carbonyl (C=O) groups excluding carboxylic acids is 1. The maximum absolute atomic E-state index is 12.2. The van der Waals surface area contributed by atoms with Gasteiger partial charge in [0.05, 0.1) is 5.75 Å². The molecule has 0 bridgehead atoms. The van der Waals surface area contributed by atoms with Gasteiger partial charge in [-0.05, 0) is 44.0 Å². The van der Waals surface area contributed by atoms with Crippen LogP contribution in [0.1, 0.15) is 19.8 Å². The topological polar surface area (TPSA) is 111 Å². The van der Waals surface area contributed by atoms with Crippen LogP contribution in [0.2, 0.25) is 0 Å². The van der Waals surface area contributed by atoms with Gasteiger partial charge < -0.3 is 15.8 Å². The van der Waals surface area contributed by atoms with Crippen molar-refractivity contribution in [2.45, 2.75) is 25.3 Å². The largest absolute Gasteiger partial charge is 0.381 e. The molecule has 4 N–H and O–H groups in total. The second-order valence-electron chi connectivity index (χ2n) is 5.31. The number of hydrogen-bond acceptors (Lipinski definition) is 5. The van der Waals surface area contributed by atoms with Crippen LogP contribution in [-0.4, -0.2) is 38.8 Å². The Morgan fingerprint density at radius 3 is 2.32 bits per heavy atom. The zero-order chi connectivity index (χ0) is 16.2. The van der Waals surface area contributed by atoms with Crippen LogP contribution in [0.15, 0.2) is 24.3 Å². The molecule has 0 saturated carbocycles. The first-order valence-corrected chi connectivity index (χ1v) is 8.78. The van der Waals surface area contributed by atoms with Crippen molar-refractivity contribution in [2.24, 2.45) is 5.73 Å². The van der Waals surface area contributed by atoms with Crippen molar-refractivity contribution in [3.63, 3.8) is 0 Å². The standard InChI is InChI=1S/C14H21N3O4S/c1-2-22(19,20)17-12-5-3-11(4-6-12)16-13(18)14(15)7-9-21-10-8-14/h3-6,17H,2,7-10,15H2,1H3,(H,16,18). The van der Waals surface area contributed by atoms with Crippen LogP contribution in [0.25, 0.3) is 0 Å². The lowest BCUT2D eigenvalue weighted by Gasteiger charge is -2.31. The fraction of sp³-hybridized carbons (Fsp3) is 0.500. The maximum atomic E-state index is 12.2. The van der Waals surface area contributed by atoms with E-state index in [1.807, 2.05) is 0 Å². The summed E-state index contributed by atoms with van der Waals surface area (Å²) >= 11 is 0. The van der Waals surface area contributed by atoms with E-state index < -0.39 is 15.6 Å². The quantitative estimate of drug-likeness (QED) is 0.744. The number of rotatable bonds is 5. The monoisotopic (exact) mass is 327 g/mol. The third-order valence-corrected chi connectivity index (χ3v) is 4.94. The highest BCUT2D eigenvalue weighted by Crippen LogP contribution is 2.21. The molecule has 1 saturated heterocycles. The van der Waals surface area contributed by atoms with Gasteiger partial charge in [-0.2, -0.15) is 0 Å². The molecule has 0 atom stereocenters. The van der Waals surface area contributed by atoms with Crippen molar-refractivity contribution >= 4 is 27.3 Å². The summed E-state index contributed by atoms with van der Waals surface area (Å²) in [6, 6.07) is 6.45. The Bertz CT molecular complexity index is 622. The number of sulfonamides is 1. The molecule has 0 unspecified atom stereocenters. The van der Waals surface area contributed by atoms with E-state index in [4.69, 9.17) is 10.5 Å². The Hall–Kier alpha value is -1.64. The second kappa shape index (κ2) is 6.64. The van der Waals surface area contributed by atoms with Crippen LogP contribution in [0.4, 0.5) is 11.4 Å². The number of amides is 1. The van der Waals surface area contributed by atoms with E-state index in [2.05, 4.69) is 10.0 Å². The molecule has 1 aromatic carbocycles. The molecular formula is C14H21N3O4S. The Kier molecular flexibility index (Phi) is 5.05. The van der Waals surface area contributed by atoms with Gasteiger partial charge in [0.15, 0.2) is 0 Å². The summed E-state index contributed by atoms with van der Waals surface area (Å²) in [6.45, 7) is 2.51. The first-order valence-electron chi connectivity index (χ1n) is 7.13. The number of benzene rings is 1. The number of nitrogens with two attached hydrogens (primary N) is 1. The van der Waals surface area contributed by atoms with E-state index in [-0.39, 0.29) is 11.7 Å². The van der Waals surface area contributed by atoms with Crippen LogP contribution in [-0.2, 0) is 19.6 Å². The van der Waals surface area contributed by atoms with Crippen LogP contribution in [0.5, 0.6) is 0 Å². The van der Waals surface area contributed by atoms with Gasteiger partial charge in [-0.1, -0.05) is 0 Å². The maximum Gasteiger partial charge on any atom is 0.244 e. The molecule has 0 aromatic heterocycles. The predicted molar refractivity (Wildman–Crippen MR) is 85.1 cm³/mol. The van der Waals surface area contributed by atoms with Crippen LogP contribution < -0.4 is 15.8 Å². The highest BCUT2D eigenvalue weighted by molar-refractivity contribution is 7.92. The van der Waals surface area contributed by atoms with E-state index in [1.165, 1.54) is 0 Å². The van der Waals surface area contributed by atoms with E-state index >= 15 is 0 Å². The Balaban J connectivity index is 2.00. The highest BCUT2D eigenvalue weighted by atomic mass is 32.2. The highest BCUT2D eigenvalue weighted by Gasteiger charge is 2.35. The summed E-state index contributed by atoms with van der Waals surface area (Å²) in [5.74, 6) is -0.249. The SMILES string of the molecule is CCS(=O)(=O)Nc1ccc(NC(=O)C2(N)CCOCC2)cc1. The molecule has 7 nitrogen and oxygen atoms in total. The Morgan fingerprint density at radius 1 is 1.23 bits per heavy atom. The summed E-state index contributed by atoms with van der Waals surface area (Å²) in [5.41, 5.74) is 6.20. The molecule has 0 radical (unpaired) electrons. The van der Waals surface area contributed by atoms with Gasteiger partial charge in [-0.15, -0.1) is 0 Å². The van der Waals surface area contributed by atoms with Gasteiger partial charge >= 0.3 is 0 Å². The Labute approximate surface area is 130 Å². The Morgan fingerprint density at radius 2 is 1.77 bits per heavy atom. The zero-order valence-corrected chi connectivity index (χ0v) is 13.3. The number of hydrogen-bond donors (Lipinski definition) is 3. The van der Waals surface area contributed by atoms with Gasteiger partial charge in [0.2, 0.25) is 15.9 Å². The van der Waals surface area contributed by atoms with Crippen LogP contribution >= 0.6 is 0 Å². The molecule has 1 heterocycles. The lowest BCUT2D eigenvalue weighted by atomic mass is 9.90. The molecule has 2 rings (SSSR count). The molecule has 122 valence electrons. The van der Waals surface area contributed by atoms with Crippen LogP contribution in [0, 0.1) is 0 Å². The zero-order valence-electron chi connectivity index (χ0n) is 12.5. The van der Waals surface area contributed by atoms with E-state index in [0.29, 0.717) is 37.4 Å². The minimum Gasteiger partial charge on any atom is -0.381 e. The molecule has 1 amide bonds. The minimum atomic E-state index is -3.31. The minimum absolute atomic E-state index is 0.00323. The van der Waals surface area contributed by atoms with Gasteiger partial charge in [-0.3, -0.25) is 9.52 Å². The number of nitrogens with one attached hydrogen (secondary N) is 2. The first kappa shape index (κ1) is 16.7. The second-order valence-corrected chi connectivity index (χ2v) is 7.32. The van der Waals surface area contributed by atoms with Gasteiger partial charge in [-0.25, -0.2) is 8.42 Å². The van der Waals surface area contributed by atoms with Crippen LogP contribution in [0.3, 0.4) is 0 Å². The smallest absolute Gasteiger partial charge is 0.244 e. The van der Waals surface area contributed by atoms with Crippen molar-refractivity contribution in [1.82, 2.24) is 0 Å². The molecule has 22 heavy (non-hydrogen) atoms. The lowest BCUT2D eigenvalue weighted by molar-refractivity contribution is -0.124. The summed E-state index contributed by atoms with van der Waals surface area (Å²) in [7, 11) is -3.31. The van der Waals surface area contributed by atoms with E-state index in [0.717, 1.165) is 0 Å². The summed E-state index contributed by atoms with van der Waals surface area (Å²) in [5, 5.41) is 2.76. The molecule has 1 fully saturated rings. The molecule has 1 aromatic rings. The molecule has 1 aliphatic heterocycles. The third kappa shape index (κ3) is 4.19.